The predicted molar refractivity (Wildman–Crippen MR) is 64.9 cm³/mol. The van der Waals surface area contributed by atoms with Crippen molar-refractivity contribution in [3.8, 4) is 0 Å². The van der Waals surface area contributed by atoms with Crippen LogP contribution in [0.15, 0.2) is 0 Å². The summed E-state index contributed by atoms with van der Waals surface area (Å²) >= 11 is -0.584. The summed E-state index contributed by atoms with van der Waals surface area (Å²) in [6, 6.07) is 0. The summed E-state index contributed by atoms with van der Waals surface area (Å²) < 4.78 is 4.96. The Morgan fingerprint density at radius 2 is 0.923 bits per heavy atom. The van der Waals surface area contributed by atoms with Gasteiger partial charge in [-0.3, -0.25) is 0 Å². The Balaban J connectivity index is 3.47. The normalized spacial score (nSPS) is 11.1. The third-order valence-corrected chi connectivity index (χ3v) is 9.77. The number of hydrogen-bond acceptors (Lipinski definition) is 0. The fourth-order valence-electron chi connectivity index (χ4n) is 1.35. The van der Waals surface area contributed by atoms with Crippen LogP contribution in [0.3, 0.4) is 0 Å². The summed E-state index contributed by atoms with van der Waals surface area (Å²) in [5.41, 5.74) is 0. The zero-order chi connectivity index (χ0) is 9.94. The second-order valence-corrected chi connectivity index (χ2v) is 10.8. The zero-order valence-electron chi connectivity index (χ0n) is 9.77. The van der Waals surface area contributed by atoms with E-state index in [-0.39, 0.29) is 0 Å². The van der Waals surface area contributed by atoms with Crippen LogP contribution in [0, 0.1) is 0 Å². The molecule has 0 N–H and O–H groups in total. The molecule has 0 spiro atoms. The summed E-state index contributed by atoms with van der Waals surface area (Å²) in [7, 11) is 0. The molecule has 0 radical (unpaired) electrons. The van der Waals surface area contributed by atoms with E-state index in [2.05, 4.69) is 20.8 Å². The number of unbranched alkanes of at least 4 members (excludes halogenated alkanes) is 3. The van der Waals surface area contributed by atoms with Crippen molar-refractivity contribution in [2.24, 2.45) is 0 Å². The van der Waals surface area contributed by atoms with Crippen LogP contribution in [0.5, 0.6) is 0 Å². The van der Waals surface area contributed by atoms with Gasteiger partial charge in [0.05, 0.1) is 0 Å². The first-order valence-corrected chi connectivity index (χ1v) is 10.9. The molecule has 0 nitrogen and oxygen atoms in total. The van der Waals surface area contributed by atoms with Crippen molar-refractivity contribution in [2.45, 2.75) is 72.7 Å². The summed E-state index contributed by atoms with van der Waals surface area (Å²) in [5, 5.41) is 0. The molecule has 0 heterocycles. The quantitative estimate of drug-likeness (QED) is 0.532. The molecule has 0 aliphatic carbocycles. The van der Waals surface area contributed by atoms with E-state index in [1.165, 1.54) is 38.5 Å². The van der Waals surface area contributed by atoms with Crippen LogP contribution in [0.4, 0.5) is 0 Å². The van der Waals surface area contributed by atoms with Crippen molar-refractivity contribution in [3.63, 3.8) is 0 Å². The molecule has 0 fully saturated rings. The van der Waals surface area contributed by atoms with Crippen molar-refractivity contribution in [1.82, 2.24) is 0 Å². The zero-order valence-corrected chi connectivity index (χ0v) is 12.1. The third kappa shape index (κ3) is 9.10. The van der Waals surface area contributed by atoms with Crippen molar-refractivity contribution >= 4 is 19.6 Å². The fraction of sp³-hybridized carbons (Fsp3) is 1.00. The molecule has 13 heavy (non-hydrogen) atoms. The molecule has 0 saturated carbocycles. The van der Waals surface area contributed by atoms with Gasteiger partial charge in [0.1, 0.15) is 0 Å². The maximum absolute atomic E-state index is 2.33. The van der Waals surface area contributed by atoms with E-state index in [0.29, 0.717) is 0 Å². The molecule has 0 aromatic carbocycles. The first-order chi connectivity index (χ1) is 6.35. The second-order valence-electron chi connectivity index (χ2n) is 3.79. The second kappa shape index (κ2) is 10.9. The van der Waals surface area contributed by atoms with Crippen molar-refractivity contribution in [1.29, 1.82) is 0 Å². The molecular formula is C12H27Te+. The molecule has 1 heteroatoms. The molecule has 0 aromatic heterocycles. The SMILES string of the molecule is CCCC[Te+](CCCC)CCCC. The van der Waals surface area contributed by atoms with Crippen LogP contribution < -0.4 is 0 Å². The Hall–Kier alpha value is 0.790. The van der Waals surface area contributed by atoms with Gasteiger partial charge in [-0.2, -0.15) is 0 Å². The molecule has 0 unspecified atom stereocenters. The topological polar surface area (TPSA) is 0 Å². The Labute approximate surface area is 92.1 Å². The fourth-order valence-corrected chi connectivity index (χ4v) is 9.07. The van der Waals surface area contributed by atoms with E-state index in [1.807, 2.05) is 0 Å². The first-order valence-electron chi connectivity index (χ1n) is 5.99. The molecule has 0 aromatic rings. The van der Waals surface area contributed by atoms with E-state index in [9.17, 15) is 0 Å². The van der Waals surface area contributed by atoms with Gasteiger partial charge in [0.25, 0.3) is 0 Å². The Morgan fingerprint density at radius 1 is 0.615 bits per heavy atom. The van der Waals surface area contributed by atoms with Crippen LogP contribution in [-0.2, 0) is 0 Å². The van der Waals surface area contributed by atoms with E-state index in [1.54, 1.807) is 13.4 Å². The van der Waals surface area contributed by atoms with Gasteiger partial charge < -0.3 is 0 Å². The monoisotopic (exact) mass is 301 g/mol. The number of rotatable bonds is 9. The third-order valence-electron chi connectivity index (χ3n) is 2.36. The average Bonchev–Trinajstić information content (AvgIpc) is 2.17. The van der Waals surface area contributed by atoms with Crippen LogP contribution in [0.1, 0.15) is 59.3 Å². The molecule has 0 aliphatic heterocycles. The van der Waals surface area contributed by atoms with Crippen LogP contribution >= 0.6 is 0 Å². The van der Waals surface area contributed by atoms with Crippen LogP contribution in [-0.4, -0.2) is 19.6 Å². The minimum absolute atomic E-state index is 0.584. The standard InChI is InChI=1S/C12H27Te/c1-4-7-10-13(11-8-5-2)12-9-6-3/h4-12H2,1-3H3/q+1. The van der Waals surface area contributed by atoms with Gasteiger partial charge in [0, 0.05) is 0 Å². The Morgan fingerprint density at radius 3 is 1.15 bits per heavy atom. The molecule has 80 valence electrons. The molecule has 0 atom stereocenters. The predicted octanol–water partition coefficient (Wildman–Crippen LogP) is 4.88. The van der Waals surface area contributed by atoms with Gasteiger partial charge >= 0.3 is 92.3 Å². The van der Waals surface area contributed by atoms with Crippen molar-refractivity contribution < 1.29 is 0 Å². The van der Waals surface area contributed by atoms with Crippen LogP contribution in [0.2, 0.25) is 13.4 Å². The molecule has 0 amide bonds. The average molecular weight is 299 g/mol. The Kier molecular flexibility index (Phi) is 11.5. The summed E-state index contributed by atoms with van der Waals surface area (Å²) in [6.07, 6.45) is 8.79. The summed E-state index contributed by atoms with van der Waals surface area (Å²) in [4.78, 5) is 0. The molecular weight excluding hydrogens is 272 g/mol. The Bertz CT molecular complexity index is 72.1. The van der Waals surface area contributed by atoms with Crippen molar-refractivity contribution in [3.05, 3.63) is 0 Å². The summed E-state index contributed by atoms with van der Waals surface area (Å²) in [5.74, 6) is 0. The van der Waals surface area contributed by atoms with E-state index in [0.717, 1.165) is 0 Å². The van der Waals surface area contributed by atoms with Gasteiger partial charge in [-0.05, 0) is 0 Å². The number of hydrogen-bond donors (Lipinski definition) is 0. The van der Waals surface area contributed by atoms with Gasteiger partial charge in [0.2, 0.25) is 0 Å². The minimum atomic E-state index is -0.584. The molecule has 0 aliphatic rings. The van der Waals surface area contributed by atoms with E-state index in [4.69, 9.17) is 0 Å². The summed E-state index contributed by atoms with van der Waals surface area (Å²) in [6.45, 7) is 6.99. The van der Waals surface area contributed by atoms with Gasteiger partial charge in [-0.25, -0.2) is 0 Å². The van der Waals surface area contributed by atoms with Crippen LogP contribution in [0.25, 0.3) is 0 Å². The van der Waals surface area contributed by atoms with Gasteiger partial charge in [-0.1, -0.05) is 0 Å². The van der Waals surface area contributed by atoms with Crippen molar-refractivity contribution in [2.75, 3.05) is 0 Å². The van der Waals surface area contributed by atoms with E-state index >= 15 is 0 Å². The molecule has 0 bridgehead atoms. The molecule has 0 rings (SSSR count). The maximum atomic E-state index is 2.33. The first kappa shape index (κ1) is 13.8. The van der Waals surface area contributed by atoms with Gasteiger partial charge in [0.15, 0.2) is 0 Å². The molecule has 0 saturated heterocycles. The van der Waals surface area contributed by atoms with Gasteiger partial charge in [-0.15, -0.1) is 0 Å². The van der Waals surface area contributed by atoms with E-state index < -0.39 is 19.6 Å².